The standard InChI is InChI=1S/C22H21N3O6/c1-4-31-22(28)18-17-19(25(23-18)13-8-7-9-14(12-13)29-2)21(27)24(20(17)26)15-10-5-6-11-16(15)30-3/h5-12,17,19H,4H2,1-3H3/t17-,19+/m0/s1. The van der Waals surface area contributed by atoms with Gasteiger partial charge in [0.15, 0.2) is 5.71 Å². The Morgan fingerprint density at radius 2 is 1.81 bits per heavy atom. The van der Waals surface area contributed by atoms with Crippen LogP contribution in [0.5, 0.6) is 11.5 Å². The average Bonchev–Trinajstić information content (AvgIpc) is 3.31. The number of fused-ring (bicyclic) bond motifs is 1. The Balaban J connectivity index is 1.82. The van der Waals surface area contributed by atoms with Crippen LogP contribution in [0.1, 0.15) is 6.92 Å². The smallest absolute Gasteiger partial charge is 0.355 e. The number of hydrogen-bond donors (Lipinski definition) is 0. The normalized spacial score (nSPS) is 19.9. The van der Waals surface area contributed by atoms with Crippen molar-refractivity contribution < 1.29 is 28.6 Å². The summed E-state index contributed by atoms with van der Waals surface area (Å²) < 4.78 is 15.7. The van der Waals surface area contributed by atoms with Crippen LogP contribution in [0.25, 0.3) is 0 Å². The van der Waals surface area contributed by atoms with Gasteiger partial charge in [-0.05, 0) is 31.2 Å². The molecule has 2 amide bonds. The number of carbonyl (C=O) groups is 3. The first kappa shape index (κ1) is 20.4. The van der Waals surface area contributed by atoms with Crippen LogP contribution in [0, 0.1) is 5.92 Å². The Bertz CT molecular complexity index is 1080. The van der Waals surface area contributed by atoms with Crippen LogP contribution in [0.15, 0.2) is 53.6 Å². The number of para-hydroxylation sites is 2. The number of anilines is 2. The van der Waals surface area contributed by atoms with Crippen molar-refractivity contribution in [3.63, 3.8) is 0 Å². The summed E-state index contributed by atoms with van der Waals surface area (Å²) in [5.74, 6) is -1.98. The van der Waals surface area contributed by atoms with Crippen LogP contribution in [0.2, 0.25) is 0 Å². The van der Waals surface area contributed by atoms with E-state index in [0.717, 1.165) is 4.90 Å². The molecule has 0 radical (unpaired) electrons. The van der Waals surface area contributed by atoms with Crippen molar-refractivity contribution in [3.05, 3.63) is 48.5 Å². The van der Waals surface area contributed by atoms with Crippen LogP contribution in [-0.4, -0.2) is 50.4 Å². The van der Waals surface area contributed by atoms with Gasteiger partial charge in [-0.15, -0.1) is 0 Å². The van der Waals surface area contributed by atoms with E-state index in [-0.39, 0.29) is 12.3 Å². The van der Waals surface area contributed by atoms with Gasteiger partial charge >= 0.3 is 5.97 Å². The number of methoxy groups -OCH3 is 2. The fourth-order valence-electron chi connectivity index (χ4n) is 3.81. The molecule has 0 aromatic heterocycles. The maximum Gasteiger partial charge on any atom is 0.355 e. The SMILES string of the molecule is CCOC(=O)C1=NN(c2cccc(OC)c2)[C@H]2C(=O)N(c3ccccc3OC)C(=O)[C@@H]12. The Kier molecular flexibility index (Phi) is 5.33. The van der Waals surface area contributed by atoms with E-state index < -0.39 is 29.7 Å². The van der Waals surface area contributed by atoms with Gasteiger partial charge in [0.25, 0.3) is 5.91 Å². The number of imide groups is 1. The Morgan fingerprint density at radius 3 is 2.52 bits per heavy atom. The van der Waals surface area contributed by atoms with Gasteiger partial charge in [-0.1, -0.05) is 18.2 Å². The van der Waals surface area contributed by atoms with E-state index in [0.29, 0.717) is 22.9 Å². The lowest BCUT2D eigenvalue weighted by molar-refractivity contribution is -0.136. The van der Waals surface area contributed by atoms with Crippen molar-refractivity contribution in [2.24, 2.45) is 11.0 Å². The van der Waals surface area contributed by atoms with Crippen molar-refractivity contribution >= 4 is 34.9 Å². The molecule has 2 atom stereocenters. The van der Waals surface area contributed by atoms with Crippen LogP contribution >= 0.6 is 0 Å². The van der Waals surface area contributed by atoms with Gasteiger partial charge in [-0.2, -0.15) is 5.10 Å². The van der Waals surface area contributed by atoms with Gasteiger partial charge in [-0.3, -0.25) is 14.6 Å². The molecule has 0 N–H and O–H groups in total. The number of hydrogen-bond acceptors (Lipinski definition) is 8. The van der Waals surface area contributed by atoms with Gasteiger partial charge in [0.1, 0.15) is 23.5 Å². The summed E-state index contributed by atoms with van der Waals surface area (Å²) in [5.41, 5.74) is 0.713. The molecule has 1 fully saturated rings. The van der Waals surface area contributed by atoms with Crippen molar-refractivity contribution in [1.82, 2.24) is 0 Å². The minimum Gasteiger partial charge on any atom is -0.497 e. The highest BCUT2D eigenvalue weighted by molar-refractivity contribution is 6.47. The van der Waals surface area contributed by atoms with Gasteiger partial charge in [0.05, 0.1) is 32.2 Å². The molecule has 31 heavy (non-hydrogen) atoms. The van der Waals surface area contributed by atoms with E-state index in [1.807, 2.05) is 0 Å². The van der Waals surface area contributed by atoms with Crippen molar-refractivity contribution in [2.45, 2.75) is 13.0 Å². The van der Waals surface area contributed by atoms with E-state index in [2.05, 4.69) is 5.10 Å². The molecule has 0 aliphatic carbocycles. The number of carbonyl (C=O) groups excluding carboxylic acids is 3. The quantitative estimate of drug-likeness (QED) is 0.518. The van der Waals surface area contributed by atoms with Gasteiger partial charge < -0.3 is 14.2 Å². The molecule has 0 saturated carbocycles. The number of amides is 2. The summed E-state index contributed by atoms with van der Waals surface area (Å²) in [6, 6.07) is 12.6. The van der Waals surface area contributed by atoms with Crippen LogP contribution in [-0.2, 0) is 19.1 Å². The molecule has 0 spiro atoms. The minimum absolute atomic E-state index is 0.106. The Labute approximate surface area is 178 Å². The molecule has 2 heterocycles. The molecule has 2 aliphatic heterocycles. The molecule has 160 valence electrons. The molecule has 4 rings (SSSR count). The number of rotatable bonds is 6. The van der Waals surface area contributed by atoms with Crippen molar-refractivity contribution in [1.29, 1.82) is 0 Å². The first-order chi connectivity index (χ1) is 15.0. The molecule has 1 saturated heterocycles. The zero-order valence-electron chi connectivity index (χ0n) is 17.3. The molecule has 0 bridgehead atoms. The lowest BCUT2D eigenvalue weighted by atomic mass is 9.97. The second-order valence-corrected chi connectivity index (χ2v) is 6.86. The lowest BCUT2D eigenvalue weighted by Gasteiger charge is -2.23. The summed E-state index contributed by atoms with van der Waals surface area (Å²) in [6.07, 6.45) is 0. The monoisotopic (exact) mass is 423 g/mol. The molecular weight excluding hydrogens is 402 g/mol. The highest BCUT2D eigenvalue weighted by atomic mass is 16.5. The summed E-state index contributed by atoms with van der Waals surface area (Å²) >= 11 is 0. The summed E-state index contributed by atoms with van der Waals surface area (Å²) in [7, 11) is 2.98. The second-order valence-electron chi connectivity index (χ2n) is 6.86. The third-order valence-corrected chi connectivity index (χ3v) is 5.18. The second kappa shape index (κ2) is 8.10. The van der Waals surface area contributed by atoms with Gasteiger partial charge in [0.2, 0.25) is 5.91 Å². The Morgan fingerprint density at radius 1 is 1.03 bits per heavy atom. The molecule has 0 unspecified atom stereocenters. The topological polar surface area (TPSA) is 97.7 Å². The number of esters is 1. The first-order valence-corrected chi connectivity index (χ1v) is 9.71. The maximum absolute atomic E-state index is 13.5. The zero-order valence-corrected chi connectivity index (χ0v) is 17.3. The predicted molar refractivity (Wildman–Crippen MR) is 112 cm³/mol. The summed E-state index contributed by atoms with van der Waals surface area (Å²) in [6.45, 7) is 1.78. The number of ether oxygens (including phenoxy) is 3. The van der Waals surface area contributed by atoms with Crippen LogP contribution in [0.3, 0.4) is 0 Å². The highest BCUT2D eigenvalue weighted by Crippen LogP contribution is 2.41. The molecular formula is C22H21N3O6. The molecule has 9 nitrogen and oxygen atoms in total. The van der Waals surface area contributed by atoms with Crippen molar-refractivity contribution in [2.75, 3.05) is 30.7 Å². The fraction of sp³-hybridized carbons (Fsp3) is 0.273. The zero-order chi connectivity index (χ0) is 22.1. The highest BCUT2D eigenvalue weighted by Gasteiger charge is 2.59. The fourth-order valence-corrected chi connectivity index (χ4v) is 3.81. The number of benzene rings is 2. The third kappa shape index (κ3) is 3.27. The maximum atomic E-state index is 13.5. The molecule has 2 aliphatic rings. The third-order valence-electron chi connectivity index (χ3n) is 5.18. The number of nitrogens with zero attached hydrogens (tertiary/aromatic N) is 3. The minimum atomic E-state index is -1.09. The number of hydrazone groups is 1. The van der Waals surface area contributed by atoms with E-state index in [1.165, 1.54) is 19.2 Å². The first-order valence-electron chi connectivity index (χ1n) is 9.71. The Hall–Kier alpha value is -3.88. The van der Waals surface area contributed by atoms with E-state index in [1.54, 1.807) is 55.5 Å². The molecule has 9 heteroatoms. The summed E-state index contributed by atoms with van der Waals surface area (Å²) in [5, 5.41) is 5.71. The summed E-state index contributed by atoms with van der Waals surface area (Å²) in [4.78, 5) is 40.5. The van der Waals surface area contributed by atoms with Gasteiger partial charge in [-0.25, -0.2) is 9.69 Å². The van der Waals surface area contributed by atoms with E-state index >= 15 is 0 Å². The van der Waals surface area contributed by atoms with E-state index in [9.17, 15) is 14.4 Å². The van der Waals surface area contributed by atoms with Crippen molar-refractivity contribution in [3.8, 4) is 11.5 Å². The lowest BCUT2D eigenvalue weighted by Crippen LogP contribution is -2.39. The predicted octanol–water partition coefficient (Wildman–Crippen LogP) is 2.00. The van der Waals surface area contributed by atoms with Crippen LogP contribution in [0.4, 0.5) is 11.4 Å². The average molecular weight is 423 g/mol. The van der Waals surface area contributed by atoms with E-state index in [4.69, 9.17) is 14.2 Å². The largest absolute Gasteiger partial charge is 0.497 e. The molecule has 2 aromatic rings. The molecule has 2 aromatic carbocycles. The van der Waals surface area contributed by atoms with Crippen LogP contribution < -0.4 is 19.4 Å². The van der Waals surface area contributed by atoms with Gasteiger partial charge in [0, 0.05) is 6.07 Å².